The summed E-state index contributed by atoms with van der Waals surface area (Å²) in [5.41, 5.74) is 0. The van der Waals surface area contributed by atoms with Crippen molar-refractivity contribution in [1.82, 2.24) is 10.2 Å². The molecule has 1 aromatic rings. The molecule has 1 aliphatic rings. The SMILES string of the molecule is O=C(COc1ccccc1)NCCCCCN1CCCCCC1. The van der Waals surface area contributed by atoms with Crippen molar-refractivity contribution in [2.45, 2.75) is 44.9 Å². The molecule has 0 spiro atoms. The highest BCUT2D eigenvalue weighted by Gasteiger charge is 2.08. The van der Waals surface area contributed by atoms with Crippen molar-refractivity contribution in [1.29, 1.82) is 0 Å². The van der Waals surface area contributed by atoms with Crippen LogP contribution in [0.3, 0.4) is 0 Å². The van der Waals surface area contributed by atoms with Crippen LogP contribution in [0.25, 0.3) is 0 Å². The summed E-state index contributed by atoms with van der Waals surface area (Å²) in [7, 11) is 0. The standard InChI is InChI=1S/C19H30N2O2/c22-19(17-23-18-11-5-3-6-12-18)20-13-7-4-10-16-21-14-8-1-2-9-15-21/h3,5-6,11-12H,1-2,4,7-10,13-17H2,(H,20,22). The number of likely N-dealkylation sites (tertiary alicyclic amines) is 1. The fraction of sp³-hybridized carbons (Fsp3) is 0.632. The van der Waals surface area contributed by atoms with E-state index in [1.54, 1.807) is 0 Å². The summed E-state index contributed by atoms with van der Waals surface area (Å²) in [4.78, 5) is 14.3. The highest BCUT2D eigenvalue weighted by molar-refractivity contribution is 5.77. The molecular formula is C19H30N2O2. The van der Waals surface area contributed by atoms with E-state index < -0.39 is 0 Å². The van der Waals surface area contributed by atoms with Crippen LogP contribution in [0, 0.1) is 0 Å². The average molecular weight is 318 g/mol. The number of nitrogens with zero attached hydrogens (tertiary/aromatic N) is 1. The van der Waals surface area contributed by atoms with Gasteiger partial charge in [0.25, 0.3) is 5.91 Å². The van der Waals surface area contributed by atoms with Crippen molar-refractivity contribution >= 4 is 5.91 Å². The third-order valence-corrected chi connectivity index (χ3v) is 4.29. The molecule has 23 heavy (non-hydrogen) atoms. The molecule has 1 aliphatic heterocycles. The van der Waals surface area contributed by atoms with Gasteiger partial charge in [-0.1, -0.05) is 37.5 Å². The number of carbonyl (C=O) groups is 1. The molecule has 1 heterocycles. The van der Waals surface area contributed by atoms with Crippen LogP contribution in [-0.4, -0.2) is 43.6 Å². The molecule has 2 rings (SSSR count). The summed E-state index contributed by atoms with van der Waals surface area (Å²) in [5.74, 6) is 0.696. The molecule has 0 aliphatic carbocycles. The molecule has 0 bridgehead atoms. The Hall–Kier alpha value is -1.55. The zero-order valence-electron chi connectivity index (χ0n) is 14.1. The van der Waals surface area contributed by atoms with Crippen molar-refractivity contribution in [2.24, 2.45) is 0 Å². The van der Waals surface area contributed by atoms with Crippen molar-refractivity contribution in [2.75, 3.05) is 32.8 Å². The second-order valence-corrected chi connectivity index (χ2v) is 6.27. The molecular weight excluding hydrogens is 288 g/mol. The zero-order chi connectivity index (χ0) is 16.2. The Morgan fingerprint density at radius 2 is 1.74 bits per heavy atom. The van der Waals surface area contributed by atoms with Crippen LogP contribution in [-0.2, 0) is 4.79 Å². The van der Waals surface area contributed by atoms with E-state index in [0.29, 0.717) is 0 Å². The van der Waals surface area contributed by atoms with Gasteiger partial charge in [0.05, 0.1) is 0 Å². The lowest BCUT2D eigenvalue weighted by Gasteiger charge is -2.19. The highest BCUT2D eigenvalue weighted by atomic mass is 16.5. The molecule has 0 saturated carbocycles. The molecule has 0 unspecified atom stereocenters. The Labute approximate surface area is 140 Å². The van der Waals surface area contributed by atoms with Crippen LogP contribution >= 0.6 is 0 Å². The first-order chi connectivity index (χ1) is 11.3. The van der Waals surface area contributed by atoms with Gasteiger partial charge in [0.2, 0.25) is 0 Å². The summed E-state index contributed by atoms with van der Waals surface area (Å²) >= 11 is 0. The predicted octanol–water partition coefficient (Wildman–Crippen LogP) is 3.23. The number of benzene rings is 1. The molecule has 128 valence electrons. The minimum absolute atomic E-state index is 0.0404. The van der Waals surface area contributed by atoms with Gasteiger partial charge < -0.3 is 15.0 Å². The lowest BCUT2D eigenvalue weighted by molar-refractivity contribution is -0.123. The summed E-state index contributed by atoms with van der Waals surface area (Å²) < 4.78 is 5.42. The van der Waals surface area contributed by atoms with Crippen molar-refractivity contribution in [3.63, 3.8) is 0 Å². The summed E-state index contributed by atoms with van der Waals surface area (Å²) in [5, 5.41) is 2.92. The first kappa shape index (κ1) is 17.8. The van der Waals surface area contributed by atoms with Gasteiger partial charge in [-0.25, -0.2) is 0 Å². The topological polar surface area (TPSA) is 41.6 Å². The maximum atomic E-state index is 11.7. The van der Waals surface area contributed by atoms with Gasteiger partial charge in [-0.15, -0.1) is 0 Å². The molecule has 4 heteroatoms. The first-order valence-corrected chi connectivity index (χ1v) is 9.01. The van der Waals surface area contributed by atoms with E-state index in [-0.39, 0.29) is 12.5 Å². The van der Waals surface area contributed by atoms with E-state index in [9.17, 15) is 4.79 Å². The van der Waals surface area contributed by atoms with Gasteiger partial charge in [-0.05, 0) is 57.5 Å². The Morgan fingerprint density at radius 3 is 2.48 bits per heavy atom. The number of unbranched alkanes of at least 4 members (excludes halogenated alkanes) is 2. The van der Waals surface area contributed by atoms with Crippen LogP contribution in [0.2, 0.25) is 0 Å². The number of amides is 1. The predicted molar refractivity (Wildman–Crippen MR) is 93.7 cm³/mol. The van der Waals surface area contributed by atoms with Crippen LogP contribution in [0.1, 0.15) is 44.9 Å². The Bertz CT molecular complexity index is 428. The molecule has 1 saturated heterocycles. The molecule has 0 aromatic heterocycles. The summed E-state index contributed by atoms with van der Waals surface area (Å²) in [6.45, 7) is 4.60. The van der Waals surface area contributed by atoms with Gasteiger partial charge in [0.15, 0.2) is 6.61 Å². The van der Waals surface area contributed by atoms with E-state index in [1.165, 1.54) is 58.2 Å². The second kappa shape index (κ2) is 11.1. The number of nitrogens with one attached hydrogen (secondary N) is 1. The Kier molecular flexibility index (Phi) is 8.56. The maximum absolute atomic E-state index is 11.7. The van der Waals surface area contributed by atoms with E-state index in [4.69, 9.17) is 4.74 Å². The van der Waals surface area contributed by atoms with Crippen LogP contribution in [0.15, 0.2) is 30.3 Å². The molecule has 1 aromatic carbocycles. The lowest BCUT2D eigenvalue weighted by atomic mass is 10.2. The lowest BCUT2D eigenvalue weighted by Crippen LogP contribution is -2.30. The summed E-state index contributed by atoms with van der Waals surface area (Å²) in [6, 6.07) is 9.44. The van der Waals surface area contributed by atoms with Gasteiger partial charge >= 0.3 is 0 Å². The Balaban J connectivity index is 1.44. The molecule has 0 atom stereocenters. The number of carbonyl (C=O) groups excluding carboxylic acids is 1. The zero-order valence-corrected chi connectivity index (χ0v) is 14.1. The number of hydrogen-bond acceptors (Lipinski definition) is 3. The second-order valence-electron chi connectivity index (χ2n) is 6.27. The number of para-hydroxylation sites is 1. The fourth-order valence-electron chi connectivity index (χ4n) is 2.94. The minimum Gasteiger partial charge on any atom is -0.484 e. The van der Waals surface area contributed by atoms with E-state index in [1.807, 2.05) is 30.3 Å². The number of hydrogen-bond donors (Lipinski definition) is 1. The normalized spacial score (nSPS) is 15.8. The van der Waals surface area contributed by atoms with Crippen molar-refractivity contribution in [3.8, 4) is 5.75 Å². The first-order valence-electron chi connectivity index (χ1n) is 9.01. The van der Waals surface area contributed by atoms with E-state index >= 15 is 0 Å². The van der Waals surface area contributed by atoms with Gasteiger partial charge in [-0.3, -0.25) is 4.79 Å². The third-order valence-electron chi connectivity index (χ3n) is 4.29. The molecule has 0 radical (unpaired) electrons. The molecule has 4 nitrogen and oxygen atoms in total. The van der Waals surface area contributed by atoms with Crippen LogP contribution in [0.5, 0.6) is 5.75 Å². The average Bonchev–Trinajstić information content (AvgIpc) is 2.86. The van der Waals surface area contributed by atoms with Crippen molar-refractivity contribution in [3.05, 3.63) is 30.3 Å². The van der Waals surface area contributed by atoms with Gasteiger partial charge in [0.1, 0.15) is 5.75 Å². The fourth-order valence-corrected chi connectivity index (χ4v) is 2.94. The molecule has 1 N–H and O–H groups in total. The monoisotopic (exact) mass is 318 g/mol. The number of rotatable bonds is 9. The Morgan fingerprint density at radius 1 is 1.00 bits per heavy atom. The van der Waals surface area contributed by atoms with E-state index in [0.717, 1.165) is 18.7 Å². The minimum atomic E-state index is -0.0404. The smallest absolute Gasteiger partial charge is 0.257 e. The van der Waals surface area contributed by atoms with Gasteiger partial charge in [0, 0.05) is 6.54 Å². The van der Waals surface area contributed by atoms with Crippen molar-refractivity contribution < 1.29 is 9.53 Å². The quantitative estimate of drug-likeness (QED) is 0.711. The van der Waals surface area contributed by atoms with Crippen LogP contribution < -0.4 is 10.1 Å². The van der Waals surface area contributed by atoms with E-state index in [2.05, 4.69) is 10.2 Å². The summed E-state index contributed by atoms with van der Waals surface area (Å²) in [6.07, 6.45) is 8.97. The number of ether oxygens (including phenoxy) is 1. The maximum Gasteiger partial charge on any atom is 0.257 e. The largest absolute Gasteiger partial charge is 0.484 e. The molecule has 1 amide bonds. The van der Waals surface area contributed by atoms with Crippen LogP contribution in [0.4, 0.5) is 0 Å². The molecule has 1 fully saturated rings. The third kappa shape index (κ3) is 8.03. The highest BCUT2D eigenvalue weighted by Crippen LogP contribution is 2.10. The van der Waals surface area contributed by atoms with Gasteiger partial charge in [-0.2, -0.15) is 0 Å².